The molecule has 0 amide bonds. The largest absolute Gasteiger partial charge is 0.293 e. The highest BCUT2D eigenvalue weighted by atomic mass is 32.1. The molecule has 0 spiro atoms. The standard InChI is InChI=1S/C13H16N2OS/c1-9-8-13(17-10(9)2)12(16)5-4-11-6-7-14-15(11)3/h6-8H,4-5H2,1-3H3. The van der Waals surface area contributed by atoms with E-state index in [2.05, 4.69) is 12.0 Å². The Hall–Kier alpha value is -1.42. The molecule has 3 nitrogen and oxygen atoms in total. The first-order chi connectivity index (χ1) is 8.08. The molecule has 0 aliphatic rings. The van der Waals surface area contributed by atoms with Crippen molar-refractivity contribution in [2.24, 2.45) is 7.05 Å². The van der Waals surface area contributed by atoms with Gasteiger partial charge in [0.25, 0.3) is 0 Å². The molecule has 0 saturated heterocycles. The van der Waals surface area contributed by atoms with Crippen molar-refractivity contribution in [2.75, 3.05) is 0 Å². The molecule has 0 bridgehead atoms. The third kappa shape index (κ3) is 2.64. The van der Waals surface area contributed by atoms with E-state index < -0.39 is 0 Å². The third-order valence-corrected chi connectivity index (χ3v) is 4.17. The Balaban J connectivity index is 2.00. The van der Waals surface area contributed by atoms with Gasteiger partial charge in [0.05, 0.1) is 4.88 Å². The first-order valence-electron chi connectivity index (χ1n) is 5.65. The van der Waals surface area contributed by atoms with Crippen molar-refractivity contribution in [1.29, 1.82) is 0 Å². The van der Waals surface area contributed by atoms with Crippen molar-refractivity contribution in [1.82, 2.24) is 9.78 Å². The maximum absolute atomic E-state index is 12.0. The second-order valence-electron chi connectivity index (χ2n) is 4.22. The minimum Gasteiger partial charge on any atom is -0.293 e. The van der Waals surface area contributed by atoms with Crippen LogP contribution in [0.2, 0.25) is 0 Å². The highest BCUT2D eigenvalue weighted by Crippen LogP contribution is 2.22. The van der Waals surface area contributed by atoms with E-state index in [4.69, 9.17) is 0 Å². The fraction of sp³-hybridized carbons (Fsp3) is 0.385. The van der Waals surface area contributed by atoms with Crippen LogP contribution < -0.4 is 0 Å². The smallest absolute Gasteiger partial charge is 0.173 e. The zero-order valence-corrected chi connectivity index (χ0v) is 11.2. The molecule has 2 aromatic rings. The van der Waals surface area contributed by atoms with Gasteiger partial charge >= 0.3 is 0 Å². The summed E-state index contributed by atoms with van der Waals surface area (Å²) in [6.45, 7) is 4.10. The SMILES string of the molecule is Cc1cc(C(=O)CCc2ccnn2C)sc1C. The lowest BCUT2D eigenvalue weighted by Crippen LogP contribution is -2.03. The molecule has 0 radical (unpaired) electrons. The molecule has 2 aromatic heterocycles. The third-order valence-electron chi connectivity index (χ3n) is 2.97. The first kappa shape index (κ1) is 12.0. The highest BCUT2D eigenvalue weighted by Gasteiger charge is 2.11. The topological polar surface area (TPSA) is 34.9 Å². The van der Waals surface area contributed by atoms with E-state index in [0.717, 1.165) is 17.0 Å². The zero-order chi connectivity index (χ0) is 12.4. The normalized spacial score (nSPS) is 10.8. The molecule has 0 unspecified atom stereocenters. The van der Waals surface area contributed by atoms with Gasteiger partial charge in [-0.2, -0.15) is 5.10 Å². The molecule has 4 heteroatoms. The van der Waals surface area contributed by atoms with Gasteiger partial charge in [0.2, 0.25) is 0 Å². The van der Waals surface area contributed by atoms with Gasteiger partial charge in [-0.25, -0.2) is 0 Å². The molecule has 2 rings (SSSR count). The molecule has 0 N–H and O–H groups in total. The van der Waals surface area contributed by atoms with E-state index in [0.29, 0.717) is 6.42 Å². The van der Waals surface area contributed by atoms with Crippen molar-refractivity contribution in [3.63, 3.8) is 0 Å². The van der Waals surface area contributed by atoms with Crippen LogP contribution >= 0.6 is 11.3 Å². The number of carbonyl (C=O) groups excluding carboxylic acids is 1. The average Bonchev–Trinajstić information content (AvgIpc) is 2.83. The zero-order valence-electron chi connectivity index (χ0n) is 10.4. The quantitative estimate of drug-likeness (QED) is 0.780. The Morgan fingerprint density at radius 1 is 1.47 bits per heavy atom. The molecule has 0 atom stereocenters. The fourth-order valence-corrected chi connectivity index (χ4v) is 2.72. The van der Waals surface area contributed by atoms with Gasteiger partial charge in [-0.1, -0.05) is 0 Å². The number of rotatable bonds is 4. The number of hydrogen-bond donors (Lipinski definition) is 0. The summed E-state index contributed by atoms with van der Waals surface area (Å²) in [5.74, 6) is 0.229. The lowest BCUT2D eigenvalue weighted by molar-refractivity contribution is 0.0986. The highest BCUT2D eigenvalue weighted by molar-refractivity contribution is 7.14. The van der Waals surface area contributed by atoms with Crippen LogP contribution in [0.1, 0.15) is 32.2 Å². The van der Waals surface area contributed by atoms with E-state index in [1.165, 1.54) is 10.4 Å². The van der Waals surface area contributed by atoms with E-state index in [1.54, 1.807) is 17.5 Å². The second-order valence-corrected chi connectivity index (χ2v) is 5.48. The summed E-state index contributed by atoms with van der Waals surface area (Å²) in [6, 6.07) is 3.95. The Bertz CT molecular complexity index is 520. The summed E-state index contributed by atoms with van der Waals surface area (Å²) in [6.07, 6.45) is 3.07. The van der Waals surface area contributed by atoms with Gasteiger partial charge in [-0.15, -0.1) is 11.3 Å². The van der Waals surface area contributed by atoms with E-state index >= 15 is 0 Å². The van der Waals surface area contributed by atoms with Crippen molar-refractivity contribution in [2.45, 2.75) is 26.7 Å². The molecule has 0 aromatic carbocycles. The Morgan fingerprint density at radius 3 is 2.76 bits per heavy atom. The molecule has 0 saturated carbocycles. The summed E-state index contributed by atoms with van der Waals surface area (Å²) in [5.41, 5.74) is 2.31. The van der Waals surface area contributed by atoms with Crippen molar-refractivity contribution < 1.29 is 4.79 Å². The Kier molecular flexibility index (Phi) is 3.43. The van der Waals surface area contributed by atoms with Crippen LogP contribution in [0.15, 0.2) is 18.3 Å². The molecule has 17 heavy (non-hydrogen) atoms. The maximum Gasteiger partial charge on any atom is 0.173 e. The number of hydrogen-bond acceptors (Lipinski definition) is 3. The number of ketones is 1. The number of aromatic nitrogens is 2. The van der Waals surface area contributed by atoms with Crippen molar-refractivity contribution in [3.05, 3.63) is 39.3 Å². The van der Waals surface area contributed by atoms with Crippen LogP contribution in [0.3, 0.4) is 0 Å². The predicted octanol–water partition coefficient (Wildman–Crippen LogP) is 2.91. The van der Waals surface area contributed by atoms with Crippen molar-refractivity contribution in [3.8, 4) is 0 Å². The number of thiophene rings is 1. The average molecular weight is 248 g/mol. The molecular weight excluding hydrogens is 232 g/mol. The van der Waals surface area contributed by atoms with Gasteiger partial charge in [0.1, 0.15) is 0 Å². The van der Waals surface area contributed by atoms with Gasteiger partial charge < -0.3 is 0 Å². The van der Waals surface area contributed by atoms with Crippen LogP contribution in [0.5, 0.6) is 0 Å². The predicted molar refractivity (Wildman–Crippen MR) is 69.7 cm³/mol. The van der Waals surface area contributed by atoms with E-state index in [-0.39, 0.29) is 5.78 Å². The Labute approximate surface area is 105 Å². The number of aryl methyl sites for hydroxylation is 4. The Morgan fingerprint density at radius 2 is 2.24 bits per heavy atom. The molecular formula is C13H16N2OS. The van der Waals surface area contributed by atoms with E-state index in [1.807, 2.05) is 30.8 Å². The minimum atomic E-state index is 0.229. The van der Waals surface area contributed by atoms with Crippen molar-refractivity contribution >= 4 is 17.1 Å². The summed E-state index contributed by atoms with van der Waals surface area (Å²) in [7, 11) is 1.90. The number of nitrogens with zero attached hydrogens (tertiary/aromatic N) is 2. The summed E-state index contributed by atoms with van der Waals surface area (Å²) < 4.78 is 1.82. The number of carbonyl (C=O) groups is 1. The van der Waals surface area contributed by atoms with Gasteiger partial charge in [0, 0.05) is 30.2 Å². The summed E-state index contributed by atoms with van der Waals surface area (Å²) in [4.78, 5) is 14.1. The summed E-state index contributed by atoms with van der Waals surface area (Å²) in [5, 5.41) is 4.09. The first-order valence-corrected chi connectivity index (χ1v) is 6.46. The van der Waals surface area contributed by atoms with Crippen LogP contribution in [0.4, 0.5) is 0 Å². The molecule has 0 aliphatic carbocycles. The molecule has 2 heterocycles. The minimum absolute atomic E-state index is 0.229. The lowest BCUT2D eigenvalue weighted by atomic mass is 10.1. The maximum atomic E-state index is 12.0. The van der Waals surface area contributed by atoms with Gasteiger partial charge in [-0.05, 0) is 38.0 Å². The monoisotopic (exact) mass is 248 g/mol. The molecule has 0 fully saturated rings. The summed E-state index contributed by atoms with van der Waals surface area (Å²) >= 11 is 1.59. The second kappa shape index (κ2) is 4.84. The molecule has 90 valence electrons. The fourth-order valence-electron chi connectivity index (χ4n) is 1.72. The van der Waals surface area contributed by atoms with Crippen LogP contribution in [-0.4, -0.2) is 15.6 Å². The van der Waals surface area contributed by atoms with Crippen LogP contribution in [0, 0.1) is 13.8 Å². The van der Waals surface area contributed by atoms with E-state index in [9.17, 15) is 4.79 Å². The van der Waals surface area contributed by atoms with Crippen LogP contribution in [-0.2, 0) is 13.5 Å². The molecule has 0 aliphatic heterocycles. The van der Waals surface area contributed by atoms with Gasteiger partial charge in [-0.3, -0.25) is 9.48 Å². The number of Topliss-reactive ketones (excluding diaryl/α,β-unsaturated/α-hetero) is 1. The van der Waals surface area contributed by atoms with Gasteiger partial charge in [0.15, 0.2) is 5.78 Å². The van der Waals surface area contributed by atoms with Crippen LogP contribution in [0.25, 0.3) is 0 Å². The lowest BCUT2D eigenvalue weighted by Gasteiger charge is -2.00.